The first-order valence-electron chi connectivity index (χ1n) is 3.43. The van der Waals surface area contributed by atoms with Gasteiger partial charge < -0.3 is 4.90 Å². The van der Waals surface area contributed by atoms with E-state index < -0.39 is 5.92 Å². The largest absolute Gasteiger partial charge is 0.339 e. The topological polar surface area (TPSA) is 20.3 Å². The molecule has 11 heavy (non-hydrogen) atoms. The van der Waals surface area contributed by atoms with Crippen LogP contribution in [0.1, 0.15) is 12.8 Å². The van der Waals surface area contributed by atoms with Crippen LogP contribution < -0.4 is 0 Å². The van der Waals surface area contributed by atoms with E-state index in [1.807, 2.05) is 9.24 Å². The molecule has 1 unspecified atom stereocenters. The first-order chi connectivity index (χ1) is 5.01. The van der Waals surface area contributed by atoms with Gasteiger partial charge >= 0.3 is 0 Å². The second kappa shape index (κ2) is 3.02. The van der Waals surface area contributed by atoms with E-state index in [9.17, 15) is 13.6 Å². The highest BCUT2D eigenvalue weighted by Crippen LogP contribution is 2.28. The number of hydrogen-bond acceptors (Lipinski definition) is 1. The highest BCUT2D eigenvalue weighted by molar-refractivity contribution is 7.39. The molecule has 0 aromatic carbocycles. The summed E-state index contributed by atoms with van der Waals surface area (Å²) in [5.41, 5.74) is -0.194. The highest BCUT2D eigenvalue weighted by Gasteiger charge is 2.34. The monoisotopic (exact) mass is 181 g/mol. The smallest absolute Gasteiger partial charge is 0.251 e. The minimum Gasteiger partial charge on any atom is -0.339 e. The fourth-order valence-electron chi connectivity index (χ4n) is 1.05. The average Bonchev–Trinajstić information content (AvgIpc) is 1.86. The first-order valence-corrected chi connectivity index (χ1v) is 4.01. The van der Waals surface area contributed by atoms with Gasteiger partial charge in [-0.3, -0.25) is 4.79 Å². The van der Waals surface area contributed by atoms with E-state index in [4.69, 9.17) is 0 Å². The van der Waals surface area contributed by atoms with Crippen LogP contribution in [0, 0.1) is 0 Å². The Kier molecular flexibility index (Phi) is 2.43. The fraction of sp³-hybridized carbons (Fsp3) is 0.833. The average molecular weight is 181 g/mol. The van der Waals surface area contributed by atoms with E-state index in [1.165, 1.54) is 4.90 Å². The number of nitrogens with zero attached hydrogens (tertiary/aromatic N) is 1. The molecule has 64 valence electrons. The third kappa shape index (κ3) is 2.37. The number of rotatable bonds is 0. The Labute approximate surface area is 66.1 Å². The summed E-state index contributed by atoms with van der Waals surface area (Å²) >= 11 is 0. The van der Waals surface area contributed by atoms with Gasteiger partial charge in [-0.25, -0.2) is 8.78 Å². The highest BCUT2D eigenvalue weighted by atomic mass is 31.0. The number of piperidine rings is 1. The van der Waals surface area contributed by atoms with Crippen molar-refractivity contribution in [1.82, 2.24) is 4.90 Å². The van der Waals surface area contributed by atoms with Crippen LogP contribution in [-0.2, 0) is 0 Å². The summed E-state index contributed by atoms with van der Waals surface area (Å²) in [6, 6.07) is 0. The zero-order valence-electron chi connectivity index (χ0n) is 6.02. The Balaban J connectivity index is 2.42. The minimum atomic E-state index is -2.56. The maximum atomic E-state index is 12.5. The number of hydrogen-bond donors (Lipinski definition) is 0. The SMILES string of the molecule is O=C(P)N1CCC(F)(F)CC1. The Bertz CT molecular complexity index is 164. The van der Waals surface area contributed by atoms with Crippen LogP contribution in [0.4, 0.5) is 13.6 Å². The van der Waals surface area contributed by atoms with Gasteiger partial charge in [-0.15, -0.1) is 0 Å². The van der Waals surface area contributed by atoms with E-state index >= 15 is 0 Å². The van der Waals surface area contributed by atoms with Crippen LogP contribution in [-0.4, -0.2) is 29.6 Å². The van der Waals surface area contributed by atoms with Gasteiger partial charge in [-0.05, 0) is 9.24 Å². The van der Waals surface area contributed by atoms with Gasteiger partial charge in [0.05, 0.1) is 0 Å². The quantitative estimate of drug-likeness (QED) is 0.521. The normalized spacial score (nSPS) is 23.4. The number of alkyl halides is 2. The first kappa shape index (κ1) is 8.85. The summed E-state index contributed by atoms with van der Waals surface area (Å²) in [6.45, 7) is 0.352. The molecule has 0 radical (unpaired) electrons. The van der Waals surface area contributed by atoms with E-state index in [-0.39, 0.29) is 31.6 Å². The van der Waals surface area contributed by atoms with Gasteiger partial charge in [0.15, 0.2) is 0 Å². The van der Waals surface area contributed by atoms with E-state index in [0.717, 1.165) is 0 Å². The maximum absolute atomic E-state index is 12.5. The van der Waals surface area contributed by atoms with Gasteiger partial charge in [0.25, 0.3) is 5.92 Å². The van der Waals surface area contributed by atoms with E-state index in [2.05, 4.69) is 0 Å². The lowest BCUT2D eigenvalue weighted by molar-refractivity contribution is -0.0453. The number of halogens is 2. The Morgan fingerprint density at radius 1 is 1.36 bits per heavy atom. The molecule has 1 atom stereocenters. The molecular weight excluding hydrogens is 171 g/mol. The lowest BCUT2D eigenvalue weighted by Gasteiger charge is -2.30. The predicted octanol–water partition coefficient (Wildman–Crippen LogP) is 1.71. The second-order valence-corrected chi connectivity index (χ2v) is 3.18. The van der Waals surface area contributed by atoms with Crippen molar-refractivity contribution in [2.24, 2.45) is 0 Å². The molecular formula is C6H10F2NOP. The summed E-state index contributed by atoms with van der Waals surface area (Å²) in [7, 11) is 1.99. The van der Waals surface area contributed by atoms with Crippen molar-refractivity contribution in [1.29, 1.82) is 0 Å². The van der Waals surface area contributed by atoms with Crippen molar-refractivity contribution in [3.63, 3.8) is 0 Å². The molecule has 1 aliphatic heterocycles. The fourth-order valence-corrected chi connectivity index (χ4v) is 1.31. The molecule has 0 spiro atoms. The van der Waals surface area contributed by atoms with Gasteiger partial charge in [-0.2, -0.15) is 0 Å². The van der Waals surface area contributed by atoms with E-state index in [0.29, 0.717) is 0 Å². The maximum Gasteiger partial charge on any atom is 0.251 e. The molecule has 0 aromatic heterocycles. The van der Waals surface area contributed by atoms with Crippen molar-refractivity contribution in [3.8, 4) is 0 Å². The number of carbonyl (C=O) groups is 1. The molecule has 1 amide bonds. The zero-order valence-corrected chi connectivity index (χ0v) is 7.17. The van der Waals surface area contributed by atoms with Crippen molar-refractivity contribution in [3.05, 3.63) is 0 Å². The minimum absolute atomic E-state index is 0.176. The van der Waals surface area contributed by atoms with Crippen molar-refractivity contribution < 1.29 is 13.6 Å². The lowest BCUT2D eigenvalue weighted by atomic mass is 10.1. The van der Waals surface area contributed by atoms with Gasteiger partial charge in [0.2, 0.25) is 5.65 Å². The number of likely N-dealkylation sites (tertiary alicyclic amines) is 1. The predicted molar refractivity (Wildman–Crippen MR) is 40.9 cm³/mol. The molecule has 5 heteroatoms. The van der Waals surface area contributed by atoms with Crippen LogP contribution >= 0.6 is 9.24 Å². The molecule has 0 aromatic rings. The molecule has 0 N–H and O–H groups in total. The molecule has 1 fully saturated rings. The van der Waals surface area contributed by atoms with Crippen LogP contribution in [0.15, 0.2) is 0 Å². The van der Waals surface area contributed by atoms with Crippen molar-refractivity contribution in [2.45, 2.75) is 18.8 Å². The number of carbonyl (C=O) groups excluding carboxylic acids is 1. The van der Waals surface area contributed by atoms with Crippen LogP contribution in [0.25, 0.3) is 0 Å². The van der Waals surface area contributed by atoms with Gasteiger partial charge in [0.1, 0.15) is 0 Å². The van der Waals surface area contributed by atoms with Crippen LogP contribution in [0.5, 0.6) is 0 Å². The third-order valence-corrected chi connectivity index (χ3v) is 2.17. The molecule has 1 rings (SSSR count). The van der Waals surface area contributed by atoms with Crippen LogP contribution in [0.2, 0.25) is 0 Å². The molecule has 1 saturated heterocycles. The molecule has 0 saturated carbocycles. The van der Waals surface area contributed by atoms with Crippen LogP contribution in [0.3, 0.4) is 0 Å². The summed E-state index contributed by atoms with van der Waals surface area (Å²) < 4.78 is 25.0. The van der Waals surface area contributed by atoms with Crippen molar-refractivity contribution >= 4 is 14.9 Å². The van der Waals surface area contributed by atoms with Crippen molar-refractivity contribution in [2.75, 3.05) is 13.1 Å². The molecule has 2 nitrogen and oxygen atoms in total. The Morgan fingerprint density at radius 3 is 2.18 bits per heavy atom. The molecule has 0 aliphatic carbocycles. The van der Waals surface area contributed by atoms with E-state index in [1.54, 1.807) is 0 Å². The third-order valence-electron chi connectivity index (χ3n) is 1.81. The Morgan fingerprint density at radius 2 is 1.82 bits per heavy atom. The summed E-state index contributed by atoms with van der Waals surface area (Å²) in [6.07, 6.45) is -0.402. The summed E-state index contributed by atoms with van der Waals surface area (Å²) in [5.74, 6) is -2.56. The summed E-state index contributed by atoms with van der Waals surface area (Å²) in [5, 5.41) is 0. The van der Waals surface area contributed by atoms with Gasteiger partial charge in [-0.1, -0.05) is 0 Å². The standard InChI is InChI=1S/C6H10F2NOP/c7-6(8)1-3-9(4-2-6)5(10)11/h1-4,11H2. The molecule has 1 aliphatic rings. The number of amides is 1. The zero-order chi connectivity index (χ0) is 8.48. The second-order valence-electron chi connectivity index (χ2n) is 2.68. The molecule has 0 bridgehead atoms. The summed E-state index contributed by atoms with van der Waals surface area (Å²) in [4.78, 5) is 12.1. The Hall–Kier alpha value is -0.240. The lowest BCUT2D eigenvalue weighted by Crippen LogP contribution is -2.40. The molecule has 1 heterocycles. The van der Waals surface area contributed by atoms with Gasteiger partial charge in [0, 0.05) is 25.9 Å².